The van der Waals surface area contributed by atoms with Gasteiger partial charge in [-0.05, 0) is 25.8 Å². The summed E-state index contributed by atoms with van der Waals surface area (Å²) in [4.78, 5) is 4.45. The largest absolute Gasteiger partial charge is 0.305 e. The third kappa shape index (κ3) is 3.46. The van der Waals surface area contributed by atoms with E-state index in [-0.39, 0.29) is 0 Å². The third-order valence-electron chi connectivity index (χ3n) is 3.86. The van der Waals surface area contributed by atoms with Crippen LogP contribution in [0.1, 0.15) is 54.5 Å². The molecule has 0 aromatic carbocycles. The SMILES string of the molecule is Cc1csc(CNCc2ccn(C3CCCCC3)n2)n1. The molecule has 20 heavy (non-hydrogen) atoms. The van der Waals surface area contributed by atoms with Gasteiger partial charge in [-0.25, -0.2) is 4.98 Å². The molecule has 5 heteroatoms. The zero-order chi connectivity index (χ0) is 13.8. The Morgan fingerprint density at radius 2 is 2.15 bits per heavy atom. The predicted octanol–water partition coefficient (Wildman–Crippen LogP) is 3.44. The number of nitrogens with one attached hydrogen (secondary N) is 1. The van der Waals surface area contributed by atoms with Crippen molar-refractivity contribution >= 4 is 11.3 Å². The van der Waals surface area contributed by atoms with Gasteiger partial charge in [0.15, 0.2) is 0 Å². The van der Waals surface area contributed by atoms with Crippen LogP contribution >= 0.6 is 11.3 Å². The van der Waals surface area contributed by atoms with Crippen molar-refractivity contribution in [3.8, 4) is 0 Å². The summed E-state index contributed by atoms with van der Waals surface area (Å²) in [5.41, 5.74) is 2.23. The molecule has 0 saturated heterocycles. The Kier molecular flexibility index (Phi) is 4.47. The van der Waals surface area contributed by atoms with E-state index in [0.717, 1.165) is 29.5 Å². The highest BCUT2D eigenvalue weighted by Crippen LogP contribution is 2.27. The average Bonchev–Trinajstić information content (AvgIpc) is 3.09. The summed E-state index contributed by atoms with van der Waals surface area (Å²) >= 11 is 1.71. The maximum absolute atomic E-state index is 4.71. The molecule has 3 rings (SSSR count). The van der Waals surface area contributed by atoms with Crippen LogP contribution in [0.2, 0.25) is 0 Å². The van der Waals surface area contributed by atoms with Crippen molar-refractivity contribution < 1.29 is 0 Å². The quantitative estimate of drug-likeness (QED) is 0.917. The van der Waals surface area contributed by atoms with Crippen molar-refractivity contribution in [2.45, 2.75) is 58.2 Å². The van der Waals surface area contributed by atoms with Gasteiger partial charge < -0.3 is 5.32 Å². The Hall–Kier alpha value is -1.20. The molecule has 0 atom stereocenters. The van der Waals surface area contributed by atoms with Gasteiger partial charge in [0.2, 0.25) is 0 Å². The first-order chi connectivity index (χ1) is 9.81. The molecule has 4 nitrogen and oxygen atoms in total. The molecule has 0 aliphatic heterocycles. The summed E-state index contributed by atoms with van der Waals surface area (Å²) in [6.45, 7) is 3.68. The third-order valence-corrected chi connectivity index (χ3v) is 4.83. The highest BCUT2D eigenvalue weighted by atomic mass is 32.1. The molecule has 0 bridgehead atoms. The summed E-state index contributed by atoms with van der Waals surface area (Å²) in [5, 5.41) is 11.4. The van der Waals surface area contributed by atoms with Crippen LogP contribution in [-0.2, 0) is 13.1 Å². The molecule has 0 amide bonds. The summed E-state index contributed by atoms with van der Waals surface area (Å²) in [6.07, 6.45) is 8.79. The summed E-state index contributed by atoms with van der Waals surface area (Å²) in [7, 11) is 0. The van der Waals surface area contributed by atoms with Gasteiger partial charge in [-0.15, -0.1) is 11.3 Å². The number of aryl methyl sites for hydroxylation is 1. The molecule has 2 heterocycles. The second-order valence-corrected chi connectivity index (χ2v) is 6.51. The first-order valence-electron chi connectivity index (χ1n) is 7.47. The van der Waals surface area contributed by atoms with Crippen LogP contribution in [-0.4, -0.2) is 14.8 Å². The Bertz CT molecular complexity index is 540. The second-order valence-electron chi connectivity index (χ2n) is 5.57. The minimum absolute atomic E-state index is 0.624. The van der Waals surface area contributed by atoms with Gasteiger partial charge in [0.05, 0.1) is 11.7 Å². The van der Waals surface area contributed by atoms with E-state index < -0.39 is 0 Å². The molecule has 2 aromatic heterocycles. The lowest BCUT2D eigenvalue weighted by atomic mass is 9.96. The van der Waals surface area contributed by atoms with Gasteiger partial charge in [-0.1, -0.05) is 19.3 Å². The van der Waals surface area contributed by atoms with E-state index in [9.17, 15) is 0 Å². The van der Waals surface area contributed by atoms with Crippen LogP contribution in [0.15, 0.2) is 17.6 Å². The predicted molar refractivity (Wildman–Crippen MR) is 81.7 cm³/mol. The van der Waals surface area contributed by atoms with Crippen LogP contribution in [0.3, 0.4) is 0 Å². The molecule has 1 saturated carbocycles. The van der Waals surface area contributed by atoms with Crippen LogP contribution in [0.4, 0.5) is 0 Å². The zero-order valence-corrected chi connectivity index (χ0v) is 12.8. The van der Waals surface area contributed by atoms with Crippen LogP contribution in [0.25, 0.3) is 0 Å². The Balaban J connectivity index is 1.49. The standard InChI is InChI=1S/C15H22N4S/c1-12-11-20-15(17-12)10-16-9-13-7-8-19(18-13)14-5-3-2-4-6-14/h7-8,11,14,16H,2-6,9-10H2,1H3. The molecular formula is C15H22N4S. The van der Waals surface area contributed by atoms with Gasteiger partial charge in [-0.3, -0.25) is 4.68 Å². The van der Waals surface area contributed by atoms with Gasteiger partial charge in [0.1, 0.15) is 5.01 Å². The normalized spacial score (nSPS) is 16.6. The number of aromatic nitrogens is 3. The summed E-state index contributed by atoms with van der Waals surface area (Å²) in [5.74, 6) is 0. The molecule has 1 aliphatic carbocycles. The monoisotopic (exact) mass is 290 g/mol. The van der Waals surface area contributed by atoms with Gasteiger partial charge in [0, 0.05) is 30.4 Å². The molecule has 1 N–H and O–H groups in total. The lowest BCUT2D eigenvalue weighted by Gasteiger charge is -2.21. The second kappa shape index (κ2) is 6.50. The van der Waals surface area contributed by atoms with E-state index in [4.69, 9.17) is 5.10 Å². The zero-order valence-electron chi connectivity index (χ0n) is 12.0. The molecule has 0 radical (unpaired) electrons. The lowest BCUT2D eigenvalue weighted by molar-refractivity contribution is 0.327. The van der Waals surface area contributed by atoms with Crippen molar-refractivity contribution in [2.24, 2.45) is 0 Å². The number of nitrogens with zero attached hydrogens (tertiary/aromatic N) is 3. The number of hydrogen-bond donors (Lipinski definition) is 1. The minimum Gasteiger partial charge on any atom is -0.305 e. The highest BCUT2D eigenvalue weighted by Gasteiger charge is 2.15. The molecule has 108 valence electrons. The fourth-order valence-corrected chi connectivity index (χ4v) is 3.54. The maximum Gasteiger partial charge on any atom is 0.107 e. The first-order valence-corrected chi connectivity index (χ1v) is 8.35. The molecular weight excluding hydrogens is 268 g/mol. The van der Waals surface area contributed by atoms with E-state index in [2.05, 4.69) is 32.6 Å². The number of rotatable bonds is 5. The summed E-state index contributed by atoms with van der Waals surface area (Å²) in [6, 6.07) is 2.76. The first kappa shape index (κ1) is 13.8. The molecule has 1 fully saturated rings. The Morgan fingerprint density at radius 1 is 1.30 bits per heavy atom. The molecule has 0 spiro atoms. The highest BCUT2D eigenvalue weighted by molar-refractivity contribution is 7.09. The van der Waals surface area contributed by atoms with Crippen molar-refractivity contribution in [3.05, 3.63) is 34.0 Å². The lowest BCUT2D eigenvalue weighted by Crippen LogP contribution is -2.16. The number of hydrogen-bond acceptors (Lipinski definition) is 4. The Morgan fingerprint density at radius 3 is 2.90 bits per heavy atom. The van der Waals surface area contributed by atoms with Crippen molar-refractivity contribution in [2.75, 3.05) is 0 Å². The fraction of sp³-hybridized carbons (Fsp3) is 0.600. The fourth-order valence-electron chi connectivity index (χ4n) is 2.80. The number of thiazole rings is 1. The van der Waals surface area contributed by atoms with Crippen molar-refractivity contribution in [1.82, 2.24) is 20.1 Å². The molecule has 0 unspecified atom stereocenters. The minimum atomic E-state index is 0.624. The van der Waals surface area contributed by atoms with Gasteiger partial charge in [-0.2, -0.15) is 5.10 Å². The van der Waals surface area contributed by atoms with E-state index in [1.54, 1.807) is 11.3 Å². The smallest absolute Gasteiger partial charge is 0.107 e. The maximum atomic E-state index is 4.71. The van der Waals surface area contributed by atoms with E-state index >= 15 is 0 Å². The average molecular weight is 290 g/mol. The van der Waals surface area contributed by atoms with Crippen molar-refractivity contribution in [1.29, 1.82) is 0 Å². The van der Waals surface area contributed by atoms with Crippen LogP contribution in [0, 0.1) is 6.92 Å². The van der Waals surface area contributed by atoms with E-state index in [1.165, 1.54) is 32.1 Å². The Labute approximate surface area is 124 Å². The molecule has 2 aromatic rings. The van der Waals surface area contributed by atoms with E-state index in [0.29, 0.717) is 6.04 Å². The summed E-state index contributed by atoms with van der Waals surface area (Å²) < 4.78 is 2.17. The van der Waals surface area contributed by atoms with Crippen LogP contribution < -0.4 is 5.32 Å². The van der Waals surface area contributed by atoms with E-state index in [1.807, 2.05) is 6.92 Å². The molecule has 1 aliphatic rings. The van der Waals surface area contributed by atoms with Crippen molar-refractivity contribution in [3.63, 3.8) is 0 Å². The van der Waals surface area contributed by atoms with Gasteiger partial charge >= 0.3 is 0 Å². The topological polar surface area (TPSA) is 42.7 Å². The van der Waals surface area contributed by atoms with Gasteiger partial charge in [0.25, 0.3) is 0 Å². The van der Waals surface area contributed by atoms with Crippen LogP contribution in [0.5, 0.6) is 0 Å².